The maximum absolute atomic E-state index is 7.50. The Morgan fingerprint density at radius 3 is 0.500 bits per heavy atom. The molecular formula is C4H3FeO4P. The van der Waals surface area contributed by atoms with Crippen molar-refractivity contribution in [2.75, 3.05) is 0 Å². The first-order valence-corrected chi connectivity index (χ1v) is 0.816. The molecule has 6 heteroatoms. The van der Waals surface area contributed by atoms with Crippen LogP contribution in [-0.4, -0.2) is 27.2 Å². The SMILES string of the molecule is P.[C]=O.[C]=O.[C]=O.[C]=O.[Fe]. The molecule has 0 saturated heterocycles. The molecule has 0 aliphatic rings. The van der Waals surface area contributed by atoms with Gasteiger partial charge in [0.2, 0.25) is 0 Å². The van der Waals surface area contributed by atoms with E-state index < -0.39 is 0 Å². The van der Waals surface area contributed by atoms with E-state index in [4.69, 9.17) is 19.2 Å². The van der Waals surface area contributed by atoms with Crippen LogP contribution in [0.25, 0.3) is 0 Å². The predicted molar refractivity (Wildman–Crippen MR) is 33.9 cm³/mol. The molecule has 0 aromatic carbocycles. The van der Waals surface area contributed by atoms with E-state index in [9.17, 15) is 0 Å². The normalized spacial score (nSPS) is 1.60. The van der Waals surface area contributed by atoms with Crippen LogP contribution in [-0.2, 0) is 36.2 Å². The summed E-state index contributed by atoms with van der Waals surface area (Å²) in [6.07, 6.45) is 0. The minimum absolute atomic E-state index is 0. The van der Waals surface area contributed by atoms with E-state index in [1.165, 1.54) is 0 Å². The van der Waals surface area contributed by atoms with Gasteiger partial charge < -0.3 is 0 Å². The van der Waals surface area contributed by atoms with E-state index in [2.05, 4.69) is 27.2 Å². The molecule has 1 atom stereocenters. The van der Waals surface area contributed by atoms with Gasteiger partial charge in [0.25, 0.3) is 27.2 Å². The van der Waals surface area contributed by atoms with Crippen molar-refractivity contribution in [2.24, 2.45) is 0 Å². The summed E-state index contributed by atoms with van der Waals surface area (Å²) in [6, 6.07) is 0. The van der Waals surface area contributed by atoms with E-state index in [0.29, 0.717) is 0 Å². The second-order valence-electron chi connectivity index (χ2n) is 0. The zero-order chi connectivity index (χ0) is 8.00. The molecule has 0 aromatic rings. The topological polar surface area (TPSA) is 68.3 Å². The molecule has 8 radical (unpaired) electrons. The first-order chi connectivity index (χ1) is 4.00. The largest absolute Gasteiger partial charge is 0.281 e. The predicted octanol–water partition coefficient (Wildman–Crippen LogP) is -1.53. The van der Waals surface area contributed by atoms with Gasteiger partial charge in [-0.3, -0.25) is 19.2 Å². The zero-order valence-corrected chi connectivity index (χ0v) is 7.21. The Labute approximate surface area is 73.8 Å². The van der Waals surface area contributed by atoms with Crippen molar-refractivity contribution < 1.29 is 36.2 Å². The van der Waals surface area contributed by atoms with E-state index in [0.717, 1.165) is 0 Å². The summed E-state index contributed by atoms with van der Waals surface area (Å²) in [7, 11) is 0. The van der Waals surface area contributed by atoms with Crippen molar-refractivity contribution in [3.63, 3.8) is 0 Å². The van der Waals surface area contributed by atoms with E-state index in [-0.39, 0.29) is 27.0 Å². The van der Waals surface area contributed by atoms with Crippen LogP contribution in [0.4, 0.5) is 0 Å². The van der Waals surface area contributed by atoms with Crippen molar-refractivity contribution in [1.82, 2.24) is 0 Å². The second-order valence-corrected chi connectivity index (χ2v) is 0. The van der Waals surface area contributed by atoms with Gasteiger partial charge in [-0.15, -0.1) is 0 Å². The van der Waals surface area contributed by atoms with E-state index in [1.807, 2.05) is 0 Å². The second kappa shape index (κ2) is 3660. The molecule has 0 saturated carbocycles. The van der Waals surface area contributed by atoms with Crippen molar-refractivity contribution in [2.45, 2.75) is 0 Å². The third-order valence-corrected chi connectivity index (χ3v) is 0. The summed E-state index contributed by atoms with van der Waals surface area (Å²) >= 11 is 0. The van der Waals surface area contributed by atoms with E-state index in [1.54, 1.807) is 0 Å². The molecule has 0 rings (SSSR count). The molecule has 1 unspecified atom stereocenters. The van der Waals surface area contributed by atoms with Crippen LogP contribution < -0.4 is 0 Å². The summed E-state index contributed by atoms with van der Waals surface area (Å²) in [4.78, 5) is 30.0. The third kappa shape index (κ3) is 2440. The number of rotatable bonds is 0. The van der Waals surface area contributed by atoms with Gasteiger partial charge in [0.05, 0.1) is 0 Å². The monoisotopic (exact) mass is 202 g/mol. The summed E-state index contributed by atoms with van der Waals surface area (Å²) in [6.45, 7) is 18.0. The van der Waals surface area contributed by atoms with Gasteiger partial charge in [0.1, 0.15) is 0 Å². The Hall–Kier alpha value is -0.371. The third-order valence-electron chi connectivity index (χ3n) is 0. The smallest absolute Gasteiger partial charge is 0.281 e. The van der Waals surface area contributed by atoms with Gasteiger partial charge in [-0.1, -0.05) is 0 Å². The van der Waals surface area contributed by atoms with Gasteiger partial charge in [0, 0.05) is 17.1 Å². The first-order valence-electron chi connectivity index (χ1n) is 0.816. The Morgan fingerprint density at radius 2 is 0.500 bits per heavy atom. The van der Waals surface area contributed by atoms with Gasteiger partial charge in [-0.25, -0.2) is 0 Å². The average Bonchev–Trinajstić information content (AvgIpc) is 2.03. The van der Waals surface area contributed by atoms with Gasteiger partial charge >= 0.3 is 0 Å². The summed E-state index contributed by atoms with van der Waals surface area (Å²) < 4.78 is 0. The number of carbonyl (C=O) groups excluding carboxylic acids is 4. The van der Waals surface area contributed by atoms with Crippen molar-refractivity contribution in [1.29, 1.82) is 0 Å². The van der Waals surface area contributed by atoms with Crippen LogP contribution in [0.3, 0.4) is 0 Å². The van der Waals surface area contributed by atoms with Crippen LogP contribution in [0.2, 0.25) is 0 Å². The molecule has 0 fully saturated rings. The molecule has 10 heavy (non-hydrogen) atoms. The minimum atomic E-state index is 0. The molecule has 56 valence electrons. The molecule has 0 heterocycles. The fourth-order valence-corrected chi connectivity index (χ4v) is 0. The summed E-state index contributed by atoms with van der Waals surface area (Å²) in [5.41, 5.74) is 0. The zero-order valence-electron chi connectivity index (χ0n) is 4.69. The minimum Gasteiger partial charge on any atom is -0.281 e. The fourth-order valence-electron chi connectivity index (χ4n) is 0. The molecule has 0 bridgehead atoms. The Kier molecular flexibility index (Phi) is 19900. The van der Waals surface area contributed by atoms with Crippen LogP contribution in [0.1, 0.15) is 0 Å². The average molecular weight is 202 g/mol. The van der Waals surface area contributed by atoms with Crippen molar-refractivity contribution in [3.8, 4) is 0 Å². The van der Waals surface area contributed by atoms with Crippen molar-refractivity contribution in [3.05, 3.63) is 0 Å². The number of hydrogen-bond acceptors (Lipinski definition) is 4. The summed E-state index contributed by atoms with van der Waals surface area (Å²) in [5, 5.41) is 0. The maximum Gasteiger partial charge on any atom is 0.281 e. The summed E-state index contributed by atoms with van der Waals surface area (Å²) in [5.74, 6) is 0. The molecule has 0 aromatic heterocycles. The Morgan fingerprint density at radius 1 is 0.500 bits per heavy atom. The molecule has 0 amide bonds. The molecule has 0 N–H and O–H groups in total. The van der Waals surface area contributed by atoms with Crippen LogP contribution in [0.5, 0.6) is 0 Å². The molecule has 0 aliphatic heterocycles. The van der Waals surface area contributed by atoms with Crippen molar-refractivity contribution >= 4 is 37.1 Å². The standard InChI is InChI=1S/4CO.Fe.H3P/c4*1-2;;/h;;;;;1H3. The molecule has 4 nitrogen and oxygen atoms in total. The Balaban J connectivity index is -0.00000000500. The quantitative estimate of drug-likeness (QED) is 0.352. The molecule has 0 spiro atoms. The Bertz CT molecular complexity index is 25.2. The first kappa shape index (κ1) is 54.4. The van der Waals surface area contributed by atoms with Gasteiger partial charge in [-0.2, -0.15) is 9.90 Å². The van der Waals surface area contributed by atoms with E-state index >= 15 is 0 Å². The maximum atomic E-state index is 7.50. The van der Waals surface area contributed by atoms with Crippen LogP contribution >= 0.6 is 9.90 Å². The van der Waals surface area contributed by atoms with Gasteiger partial charge in [0.15, 0.2) is 0 Å². The molecular weight excluding hydrogens is 199 g/mol. The van der Waals surface area contributed by atoms with Crippen LogP contribution in [0, 0.1) is 0 Å². The number of hydrogen-bond donors (Lipinski definition) is 0. The van der Waals surface area contributed by atoms with Gasteiger partial charge in [-0.05, 0) is 0 Å². The molecule has 0 aliphatic carbocycles. The fraction of sp³-hybridized carbons (Fsp3) is 0. The van der Waals surface area contributed by atoms with Crippen LogP contribution in [0.15, 0.2) is 0 Å².